The topological polar surface area (TPSA) is 113 Å². The predicted octanol–water partition coefficient (Wildman–Crippen LogP) is 0.600. The first-order valence-electron chi connectivity index (χ1n) is 7.49. The lowest BCUT2D eigenvalue weighted by Gasteiger charge is -2.36. The molecule has 124 valence electrons. The summed E-state index contributed by atoms with van der Waals surface area (Å²) in [5.41, 5.74) is 6.71. The second kappa shape index (κ2) is 6.53. The van der Waals surface area contributed by atoms with Gasteiger partial charge in [-0.3, -0.25) is 4.79 Å². The summed E-state index contributed by atoms with van der Waals surface area (Å²) in [5, 5.41) is 8.85. The summed E-state index contributed by atoms with van der Waals surface area (Å²) in [6.07, 6.45) is 2.76. The van der Waals surface area contributed by atoms with E-state index in [9.17, 15) is 9.59 Å². The molecule has 1 fully saturated rings. The molecule has 1 aromatic heterocycles. The molecule has 0 aliphatic carbocycles. The highest BCUT2D eigenvalue weighted by atomic mass is 16.4. The van der Waals surface area contributed by atoms with Crippen molar-refractivity contribution < 1.29 is 14.7 Å². The zero-order valence-electron chi connectivity index (χ0n) is 12.9. The molecule has 0 bridgehead atoms. The van der Waals surface area contributed by atoms with E-state index in [0.29, 0.717) is 11.4 Å². The van der Waals surface area contributed by atoms with Crippen molar-refractivity contribution in [3.05, 3.63) is 47.9 Å². The first kappa shape index (κ1) is 15.7. The Hall–Kier alpha value is -3.16. The highest BCUT2D eigenvalue weighted by molar-refractivity contribution is 5.93. The van der Waals surface area contributed by atoms with Gasteiger partial charge in [0, 0.05) is 37.4 Å². The Morgan fingerprint density at radius 2 is 1.58 bits per heavy atom. The number of hydrogen-bond donors (Lipinski definition) is 2. The molecule has 2 heterocycles. The molecule has 0 unspecified atom stereocenters. The van der Waals surface area contributed by atoms with Crippen molar-refractivity contribution >= 4 is 23.4 Å². The minimum atomic E-state index is -1.08. The van der Waals surface area contributed by atoms with E-state index >= 15 is 0 Å². The molecular formula is C16H17N5O3. The van der Waals surface area contributed by atoms with Gasteiger partial charge >= 0.3 is 5.97 Å². The summed E-state index contributed by atoms with van der Waals surface area (Å²) < 4.78 is 0. The maximum Gasteiger partial charge on any atom is 0.356 e. The number of carboxylic acid groups (broad SMARTS) is 1. The molecule has 8 heteroatoms. The van der Waals surface area contributed by atoms with Crippen LogP contribution in [0.5, 0.6) is 0 Å². The van der Waals surface area contributed by atoms with Gasteiger partial charge in [0.25, 0.3) is 0 Å². The Morgan fingerprint density at radius 3 is 2.08 bits per heavy atom. The Labute approximate surface area is 138 Å². The third-order valence-electron chi connectivity index (χ3n) is 3.98. The van der Waals surface area contributed by atoms with Gasteiger partial charge in [-0.25, -0.2) is 14.8 Å². The standard InChI is InChI=1S/C16H17N5O3/c17-15(22)11-1-3-12(4-2-11)20-5-7-21(8-6-20)14-10-18-13(9-19-14)16(23)24/h1-4,9-10H,5-8H2,(H2,17,22)(H,23,24). The highest BCUT2D eigenvalue weighted by Crippen LogP contribution is 2.19. The van der Waals surface area contributed by atoms with Crippen LogP contribution in [0.25, 0.3) is 0 Å². The van der Waals surface area contributed by atoms with Gasteiger partial charge in [0.05, 0.1) is 12.4 Å². The minimum Gasteiger partial charge on any atom is -0.476 e. The van der Waals surface area contributed by atoms with E-state index in [2.05, 4.69) is 19.8 Å². The largest absolute Gasteiger partial charge is 0.476 e. The normalized spacial score (nSPS) is 14.5. The van der Waals surface area contributed by atoms with Crippen molar-refractivity contribution in [1.29, 1.82) is 0 Å². The third kappa shape index (κ3) is 3.27. The number of piperazine rings is 1. The summed E-state index contributed by atoms with van der Waals surface area (Å²) in [6, 6.07) is 7.22. The van der Waals surface area contributed by atoms with Crippen LogP contribution in [0.1, 0.15) is 20.8 Å². The lowest BCUT2D eigenvalue weighted by molar-refractivity contribution is 0.0689. The van der Waals surface area contributed by atoms with Crippen LogP contribution in [0.2, 0.25) is 0 Å². The van der Waals surface area contributed by atoms with E-state index in [1.54, 1.807) is 12.1 Å². The molecule has 8 nitrogen and oxygen atoms in total. The van der Waals surface area contributed by atoms with E-state index in [0.717, 1.165) is 31.9 Å². The first-order chi connectivity index (χ1) is 11.5. The lowest BCUT2D eigenvalue weighted by Crippen LogP contribution is -2.46. The fourth-order valence-electron chi connectivity index (χ4n) is 2.63. The van der Waals surface area contributed by atoms with Crippen molar-refractivity contribution in [2.45, 2.75) is 0 Å². The number of aromatic carboxylic acids is 1. The molecule has 0 saturated carbocycles. The maximum absolute atomic E-state index is 11.1. The van der Waals surface area contributed by atoms with Crippen LogP contribution in [0.4, 0.5) is 11.5 Å². The predicted molar refractivity (Wildman–Crippen MR) is 88.4 cm³/mol. The second-order valence-corrected chi connectivity index (χ2v) is 5.45. The van der Waals surface area contributed by atoms with E-state index in [1.807, 2.05) is 12.1 Å². The van der Waals surface area contributed by atoms with E-state index in [1.165, 1.54) is 12.4 Å². The van der Waals surface area contributed by atoms with E-state index in [4.69, 9.17) is 10.8 Å². The molecular weight excluding hydrogens is 310 g/mol. The number of anilines is 2. The van der Waals surface area contributed by atoms with Crippen LogP contribution in [-0.4, -0.2) is 53.1 Å². The number of rotatable bonds is 4. The zero-order chi connectivity index (χ0) is 17.1. The van der Waals surface area contributed by atoms with Crippen molar-refractivity contribution in [2.24, 2.45) is 5.73 Å². The van der Waals surface area contributed by atoms with Crippen LogP contribution in [0.3, 0.4) is 0 Å². The molecule has 0 spiro atoms. The Bertz CT molecular complexity index is 672. The number of nitrogens with two attached hydrogens (primary N) is 1. The number of primary amides is 1. The number of aromatic nitrogens is 2. The van der Waals surface area contributed by atoms with Gasteiger partial charge in [-0.15, -0.1) is 0 Å². The number of hydrogen-bond acceptors (Lipinski definition) is 6. The average molecular weight is 327 g/mol. The molecule has 24 heavy (non-hydrogen) atoms. The molecule has 1 saturated heterocycles. The lowest BCUT2D eigenvalue weighted by atomic mass is 10.1. The number of benzene rings is 1. The quantitative estimate of drug-likeness (QED) is 0.845. The van der Waals surface area contributed by atoms with Crippen LogP contribution in [0.15, 0.2) is 36.7 Å². The van der Waals surface area contributed by atoms with Gasteiger partial charge in [-0.05, 0) is 24.3 Å². The molecule has 0 atom stereocenters. The minimum absolute atomic E-state index is 0.0630. The van der Waals surface area contributed by atoms with Crippen LogP contribution < -0.4 is 15.5 Å². The van der Waals surface area contributed by atoms with Crippen molar-refractivity contribution in [1.82, 2.24) is 9.97 Å². The molecule has 3 rings (SSSR count). The average Bonchev–Trinajstić information content (AvgIpc) is 2.62. The number of amides is 1. The van der Waals surface area contributed by atoms with Crippen molar-refractivity contribution in [3.63, 3.8) is 0 Å². The fraction of sp³-hybridized carbons (Fsp3) is 0.250. The van der Waals surface area contributed by atoms with Crippen LogP contribution >= 0.6 is 0 Å². The smallest absolute Gasteiger partial charge is 0.356 e. The van der Waals surface area contributed by atoms with Gasteiger partial charge in [0.1, 0.15) is 5.82 Å². The van der Waals surface area contributed by atoms with Crippen LogP contribution in [0, 0.1) is 0 Å². The molecule has 2 aromatic rings. The number of nitrogens with zero attached hydrogens (tertiary/aromatic N) is 4. The molecule has 3 N–H and O–H groups in total. The number of carbonyl (C=O) groups excluding carboxylic acids is 1. The van der Waals surface area contributed by atoms with Crippen LogP contribution in [-0.2, 0) is 0 Å². The number of carbonyl (C=O) groups is 2. The zero-order valence-corrected chi connectivity index (χ0v) is 12.9. The van der Waals surface area contributed by atoms with Gasteiger partial charge in [-0.1, -0.05) is 0 Å². The van der Waals surface area contributed by atoms with Crippen molar-refractivity contribution in [2.75, 3.05) is 36.0 Å². The van der Waals surface area contributed by atoms with Gasteiger partial charge in [-0.2, -0.15) is 0 Å². The monoisotopic (exact) mass is 327 g/mol. The third-order valence-corrected chi connectivity index (χ3v) is 3.98. The molecule has 1 amide bonds. The molecule has 1 aromatic carbocycles. The van der Waals surface area contributed by atoms with E-state index in [-0.39, 0.29) is 5.69 Å². The summed E-state index contributed by atoms with van der Waals surface area (Å²) >= 11 is 0. The van der Waals surface area contributed by atoms with Gasteiger partial charge in [0.2, 0.25) is 5.91 Å². The van der Waals surface area contributed by atoms with E-state index < -0.39 is 11.9 Å². The maximum atomic E-state index is 11.1. The Morgan fingerprint density at radius 1 is 0.958 bits per heavy atom. The summed E-state index contributed by atoms with van der Waals surface area (Å²) in [4.78, 5) is 34.2. The molecule has 1 aliphatic heterocycles. The highest BCUT2D eigenvalue weighted by Gasteiger charge is 2.19. The first-order valence-corrected chi connectivity index (χ1v) is 7.49. The Balaban J connectivity index is 1.62. The summed E-state index contributed by atoms with van der Waals surface area (Å²) in [7, 11) is 0. The number of carboxylic acids is 1. The molecule has 1 aliphatic rings. The van der Waals surface area contributed by atoms with Crippen molar-refractivity contribution in [3.8, 4) is 0 Å². The SMILES string of the molecule is NC(=O)c1ccc(N2CCN(c3cnc(C(=O)O)cn3)CC2)cc1. The summed E-state index contributed by atoms with van der Waals surface area (Å²) in [6.45, 7) is 3.08. The van der Waals surface area contributed by atoms with Gasteiger partial charge < -0.3 is 20.6 Å². The second-order valence-electron chi connectivity index (χ2n) is 5.45. The Kier molecular flexibility index (Phi) is 4.28. The molecule has 0 radical (unpaired) electrons. The fourth-order valence-corrected chi connectivity index (χ4v) is 2.63. The van der Waals surface area contributed by atoms with Gasteiger partial charge in [0.15, 0.2) is 5.69 Å². The summed E-state index contributed by atoms with van der Waals surface area (Å²) in [5.74, 6) is -0.850.